The summed E-state index contributed by atoms with van der Waals surface area (Å²) in [6.07, 6.45) is 1.25. The molecular weight excluding hydrogens is 260 g/mol. The van der Waals surface area contributed by atoms with E-state index in [1.54, 1.807) is 0 Å². The van der Waals surface area contributed by atoms with Gasteiger partial charge in [0.25, 0.3) is 5.56 Å². The number of carbonyl (C=O) groups is 1. The number of aromatic amines is 1. The van der Waals surface area contributed by atoms with E-state index >= 15 is 0 Å². The van der Waals surface area contributed by atoms with Crippen LogP contribution in [0.5, 0.6) is 0 Å². The van der Waals surface area contributed by atoms with Gasteiger partial charge in [-0.2, -0.15) is 0 Å². The first kappa shape index (κ1) is 10.9. The fourth-order valence-electron chi connectivity index (χ4n) is 2.54. The summed E-state index contributed by atoms with van der Waals surface area (Å²) in [5.74, 6) is -0.964. The zero-order valence-corrected chi connectivity index (χ0v) is 10.2. The lowest BCUT2D eigenvalue weighted by molar-refractivity contribution is 0.242. The Morgan fingerprint density at radius 2 is 1.70 bits per heavy atom. The maximum atomic E-state index is 12.1. The average Bonchev–Trinajstić information content (AvgIpc) is 2.75. The van der Waals surface area contributed by atoms with Gasteiger partial charge in [-0.05, 0) is 12.1 Å². The lowest BCUT2D eigenvalue weighted by Gasteiger charge is -2.35. The molecule has 20 heavy (non-hydrogen) atoms. The van der Waals surface area contributed by atoms with Crippen LogP contribution in [0.1, 0.15) is 5.56 Å². The van der Waals surface area contributed by atoms with Crippen molar-refractivity contribution in [2.24, 2.45) is 0 Å². The van der Waals surface area contributed by atoms with Crippen molar-refractivity contribution in [3.63, 3.8) is 0 Å². The van der Waals surface area contributed by atoms with Crippen molar-refractivity contribution in [1.82, 2.24) is 15.3 Å². The summed E-state index contributed by atoms with van der Waals surface area (Å²) in [7, 11) is 0. The number of aromatic nitrogens is 2. The minimum absolute atomic E-state index is 0.227. The highest BCUT2D eigenvalue weighted by Crippen LogP contribution is 2.39. The van der Waals surface area contributed by atoms with E-state index in [9.17, 15) is 9.59 Å². The molecule has 3 heterocycles. The van der Waals surface area contributed by atoms with Gasteiger partial charge >= 0.3 is 6.03 Å². The normalized spacial score (nSPS) is 17.3. The molecule has 1 aromatic heterocycles. The molecule has 0 fully saturated rings. The molecule has 5 N–H and O–H groups in total. The first-order valence-electron chi connectivity index (χ1n) is 6.01. The molecule has 0 radical (unpaired) electrons. The third-order valence-electron chi connectivity index (χ3n) is 3.33. The first-order valence-corrected chi connectivity index (χ1v) is 6.01. The van der Waals surface area contributed by atoms with Gasteiger partial charge in [-0.3, -0.25) is 15.4 Å². The van der Waals surface area contributed by atoms with Crippen LogP contribution in [0.2, 0.25) is 0 Å². The van der Waals surface area contributed by atoms with Crippen LogP contribution in [-0.4, -0.2) is 16.0 Å². The van der Waals surface area contributed by atoms with Crippen LogP contribution in [0, 0.1) is 0 Å². The number of carbonyl (C=O) groups excluding carboxylic acids is 1. The van der Waals surface area contributed by atoms with E-state index in [0.29, 0.717) is 0 Å². The summed E-state index contributed by atoms with van der Waals surface area (Å²) in [5, 5.41) is 11.5. The molecule has 1 spiro atoms. The number of rotatable bonds is 0. The van der Waals surface area contributed by atoms with Crippen LogP contribution < -0.4 is 26.8 Å². The number of nitrogens with zero attached hydrogens (tertiary/aromatic N) is 1. The number of amides is 2. The number of para-hydroxylation sites is 2. The van der Waals surface area contributed by atoms with Crippen LogP contribution in [0.25, 0.3) is 0 Å². The van der Waals surface area contributed by atoms with Gasteiger partial charge in [-0.25, -0.2) is 9.78 Å². The van der Waals surface area contributed by atoms with Crippen molar-refractivity contribution in [3.05, 3.63) is 46.5 Å². The van der Waals surface area contributed by atoms with Crippen LogP contribution in [0.3, 0.4) is 0 Å². The van der Waals surface area contributed by atoms with Crippen molar-refractivity contribution in [2.75, 3.05) is 16.0 Å². The summed E-state index contributed by atoms with van der Waals surface area (Å²) >= 11 is 0. The number of hydrogen-bond acceptors (Lipinski definition) is 5. The Labute approximate surface area is 112 Å². The molecular formula is C12H10N6O2. The average molecular weight is 270 g/mol. The van der Waals surface area contributed by atoms with E-state index in [2.05, 4.69) is 31.2 Å². The summed E-state index contributed by atoms with van der Waals surface area (Å²) in [6, 6.07) is 7.00. The number of nitrogens with one attached hydrogen (secondary N) is 5. The summed E-state index contributed by atoms with van der Waals surface area (Å²) in [5.41, 5.74) is 1.54. The largest absolute Gasteiger partial charge is 0.340 e. The molecule has 2 aliphatic heterocycles. The Morgan fingerprint density at radius 3 is 2.40 bits per heavy atom. The van der Waals surface area contributed by atoms with Crippen molar-refractivity contribution in [3.8, 4) is 0 Å². The van der Waals surface area contributed by atoms with Gasteiger partial charge in [0.15, 0.2) is 5.82 Å². The van der Waals surface area contributed by atoms with E-state index in [0.717, 1.165) is 11.4 Å². The zero-order chi connectivity index (χ0) is 13.7. The number of fused-ring (bicyclic) bond motifs is 3. The molecule has 1 aromatic carbocycles. The molecule has 0 bridgehead atoms. The maximum absolute atomic E-state index is 12.1. The predicted molar refractivity (Wildman–Crippen MR) is 72.4 cm³/mol. The molecule has 0 saturated heterocycles. The quantitative estimate of drug-likeness (QED) is 0.480. The first-order chi connectivity index (χ1) is 9.68. The highest BCUT2D eigenvalue weighted by molar-refractivity contribution is 5.95. The van der Waals surface area contributed by atoms with Crippen LogP contribution in [-0.2, 0) is 5.79 Å². The van der Waals surface area contributed by atoms with E-state index in [1.165, 1.54) is 6.33 Å². The molecule has 4 rings (SSSR count). The second-order valence-electron chi connectivity index (χ2n) is 4.58. The molecule has 100 valence electrons. The molecule has 8 heteroatoms. The number of hydrogen-bond donors (Lipinski definition) is 5. The minimum atomic E-state index is -1.19. The number of anilines is 3. The lowest BCUT2D eigenvalue weighted by atomic mass is 10.1. The fourth-order valence-corrected chi connectivity index (χ4v) is 2.54. The molecule has 2 aliphatic rings. The SMILES string of the molecule is O=C1Nc2nc[nH]c(=O)c2C2(N1)Nc1ccccc1N2. The molecule has 0 aliphatic carbocycles. The van der Waals surface area contributed by atoms with E-state index < -0.39 is 11.8 Å². The Kier molecular flexibility index (Phi) is 1.90. The second kappa shape index (κ2) is 3.50. The smallest absolute Gasteiger partial charge is 0.323 e. The van der Waals surface area contributed by atoms with Crippen LogP contribution >= 0.6 is 0 Å². The summed E-state index contributed by atoms with van der Waals surface area (Å²) in [4.78, 5) is 30.4. The van der Waals surface area contributed by atoms with Crippen molar-refractivity contribution < 1.29 is 4.79 Å². The Balaban J connectivity index is 1.94. The number of urea groups is 1. The minimum Gasteiger partial charge on any atom is -0.340 e. The van der Waals surface area contributed by atoms with Gasteiger partial charge in [0.2, 0.25) is 5.79 Å². The monoisotopic (exact) mass is 270 g/mol. The lowest BCUT2D eigenvalue weighted by Crippen LogP contribution is -2.61. The molecule has 2 aromatic rings. The number of benzene rings is 1. The standard InChI is InChI=1S/C12H10N6O2/c19-10-8-9(13-5-14-10)15-11(20)18-12(8)16-6-3-1-2-4-7(6)17-12/h1-5,16-17H,(H3,13,14,15,18,19,20). The fraction of sp³-hybridized carbons (Fsp3) is 0.0833. The molecule has 0 saturated carbocycles. The Bertz CT molecular complexity index is 759. The predicted octanol–water partition coefficient (Wildman–Crippen LogP) is 0.553. The van der Waals surface area contributed by atoms with Crippen LogP contribution in [0.4, 0.5) is 22.0 Å². The van der Waals surface area contributed by atoms with E-state index in [4.69, 9.17) is 0 Å². The van der Waals surface area contributed by atoms with E-state index in [-0.39, 0.29) is 16.9 Å². The molecule has 2 amide bonds. The number of H-pyrrole nitrogens is 1. The van der Waals surface area contributed by atoms with Gasteiger partial charge in [-0.15, -0.1) is 0 Å². The van der Waals surface area contributed by atoms with Gasteiger partial charge in [0.05, 0.1) is 17.7 Å². The van der Waals surface area contributed by atoms with Gasteiger partial charge < -0.3 is 15.6 Å². The topological polar surface area (TPSA) is 111 Å². The molecule has 0 unspecified atom stereocenters. The van der Waals surface area contributed by atoms with Crippen molar-refractivity contribution >= 4 is 23.2 Å². The third kappa shape index (κ3) is 1.32. The Hall–Kier alpha value is -3.03. The Morgan fingerprint density at radius 1 is 1.00 bits per heavy atom. The molecule has 0 atom stereocenters. The molecule has 8 nitrogen and oxygen atoms in total. The zero-order valence-electron chi connectivity index (χ0n) is 10.2. The highest BCUT2D eigenvalue weighted by atomic mass is 16.2. The summed E-state index contributed by atoms with van der Waals surface area (Å²) in [6.45, 7) is 0. The van der Waals surface area contributed by atoms with Crippen molar-refractivity contribution in [2.45, 2.75) is 5.79 Å². The van der Waals surface area contributed by atoms with Gasteiger partial charge in [0.1, 0.15) is 5.56 Å². The van der Waals surface area contributed by atoms with E-state index in [1.807, 2.05) is 24.3 Å². The highest BCUT2D eigenvalue weighted by Gasteiger charge is 2.46. The third-order valence-corrected chi connectivity index (χ3v) is 3.33. The maximum Gasteiger partial charge on any atom is 0.323 e. The van der Waals surface area contributed by atoms with Crippen LogP contribution in [0.15, 0.2) is 35.4 Å². The summed E-state index contributed by atoms with van der Waals surface area (Å²) < 4.78 is 0. The van der Waals surface area contributed by atoms with Gasteiger partial charge in [-0.1, -0.05) is 12.1 Å². The second-order valence-corrected chi connectivity index (χ2v) is 4.58. The van der Waals surface area contributed by atoms with Gasteiger partial charge in [0, 0.05) is 0 Å². The van der Waals surface area contributed by atoms with Crippen molar-refractivity contribution in [1.29, 1.82) is 0 Å².